The van der Waals surface area contributed by atoms with Crippen molar-refractivity contribution in [1.82, 2.24) is 5.32 Å². The highest BCUT2D eigenvalue weighted by Gasteiger charge is 2.46. The molecule has 20 heavy (non-hydrogen) atoms. The van der Waals surface area contributed by atoms with Crippen molar-refractivity contribution < 1.29 is 14.0 Å². The molecule has 0 spiro atoms. The van der Waals surface area contributed by atoms with Gasteiger partial charge < -0.3 is 9.74 Å². The molecule has 0 saturated carbocycles. The number of nitrogens with one attached hydrogen (secondary N) is 1. The lowest BCUT2D eigenvalue weighted by atomic mass is 10.0. The molecule has 4 nitrogen and oxygen atoms in total. The predicted molar refractivity (Wildman–Crippen MR) is 81.9 cm³/mol. The van der Waals surface area contributed by atoms with E-state index in [1.807, 2.05) is 23.5 Å². The van der Waals surface area contributed by atoms with E-state index in [-0.39, 0.29) is 11.9 Å². The van der Waals surface area contributed by atoms with Crippen LogP contribution in [0.25, 0.3) is 0 Å². The van der Waals surface area contributed by atoms with Gasteiger partial charge in [-0.15, -0.1) is 11.3 Å². The molecule has 6 heteroatoms. The summed E-state index contributed by atoms with van der Waals surface area (Å²) in [4.78, 5) is 23.4. The summed E-state index contributed by atoms with van der Waals surface area (Å²) >= 11 is 1.62. The maximum absolute atomic E-state index is 11.8. The van der Waals surface area contributed by atoms with Crippen molar-refractivity contribution >= 4 is 31.5 Å². The summed E-state index contributed by atoms with van der Waals surface area (Å²) in [5.74, 6) is 1.79. The molecule has 1 fully saturated rings. The maximum atomic E-state index is 11.8. The molecule has 1 saturated heterocycles. The van der Waals surface area contributed by atoms with Crippen molar-refractivity contribution in [2.45, 2.75) is 44.1 Å². The highest BCUT2D eigenvalue weighted by atomic mass is 32.1. The third-order valence-corrected chi connectivity index (χ3v) is 9.17. The van der Waals surface area contributed by atoms with E-state index in [4.69, 9.17) is 4.43 Å². The van der Waals surface area contributed by atoms with Crippen LogP contribution in [0.5, 0.6) is 0 Å². The van der Waals surface area contributed by atoms with E-state index >= 15 is 0 Å². The zero-order valence-electron chi connectivity index (χ0n) is 11.7. The Labute approximate surface area is 124 Å². The Morgan fingerprint density at radius 3 is 2.75 bits per heavy atom. The van der Waals surface area contributed by atoms with Crippen LogP contribution in [0.15, 0.2) is 23.6 Å². The third-order valence-electron chi connectivity index (χ3n) is 3.93. The standard InChI is InChI=1S/C14H19NO3SSi/c1-3-20(4-2,10-6-8-16)18-13-12(15-14(13)17)11-7-5-9-19-11/h5-7,9,12-13H,3-4,10H2,1-2H3,(H,15,17). The molecule has 1 aromatic heterocycles. The lowest BCUT2D eigenvalue weighted by Crippen LogP contribution is -2.60. The number of allylic oxidation sites excluding steroid dienone is 1. The van der Waals surface area contributed by atoms with Crippen LogP contribution in [0, 0.1) is 0 Å². The fraction of sp³-hybridized carbons (Fsp3) is 0.500. The summed E-state index contributed by atoms with van der Waals surface area (Å²) in [5.41, 5.74) is 0. The fourth-order valence-corrected chi connectivity index (χ4v) is 5.97. The van der Waals surface area contributed by atoms with E-state index in [0.29, 0.717) is 6.04 Å². The molecule has 1 aliphatic heterocycles. The first-order chi connectivity index (χ1) is 9.65. The molecule has 1 aliphatic rings. The first-order valence-electron chi connectivity index (χ1n) is 6.86. The summed E-state index contributed by atoms with van der Waals surface area (Å²) in [6.45, 7) is 4.15. The molecule has 0 aliphatic carbocycles. The van der Waals surface area contributed by atoms with Gasteiger partial charge in [0.05, 0.1) is 6.04 Å². The second-order valence-electron chi connectivity index (χ2n) is 4.96. The molecular weight excluding hydrogens is 290 g/mol. The van der Waals surface area contributed by atoms with Gasteiger partial charge in [-0.1, -0.05) is 19.9 Å². The Morgan fingerprint density at radius 1 is 1.50 bits per heavy atom. The predicted octanol–water partition coefficient (Wildman–Crippen LogP) is 2.68. The molecule has 1 amide bonds. The van der Waals surface area contributed by atoms with Gasteiger partial charge >= 0.3 is 0 Å². The minimum Gasteiger partial charge on any atom is -0.403 e. The summed E-state index contributed by atoms with van der Waals surface area (Å²) < 4.78 is 6.25. The second-order valence-corrected chi connectivity index (χ2v) is 10.4. The zero-order valence-corrected chi connectivity index (χ0v) is 13.5. The number of hydrogen-bond donors (Lipinski definition) is 1. The van der Waals surface area contributed by atoms with Crippen LogP contribution in [-0.4, -0.2) is 26.3 Å². The average molecular weight is 309 g/mol. The average Bonchev–Trinajstić information content (AvgIpc) is 2.99. The molecule has 2 atom stereocenters. The van der Waals surface area contributed by atoms with Crippen molar-refractivity contribution in [3.63, 3.8) is 0 Å². The van der Waals surface area contributed by atoms with Gasteiger partial charge in [-0.05, 0) is 35.7 Å². The second kappa shape index (κ2) is 6.50. The maximum Gasteiger partial charge on any atom is 0.251 e. The molecule has 2 rings (SSSR count). The molecule has 0 radical (unpaired) electrons. The Morgan fingerprint density at radius 2 is 2.25 bits per heavy atom. The molecule has 0 bridgehead atoms. The molecule has 1 aromatic rings. The van der Waals surface area contributed by atoms with Crippen molar-refractivity contribution in [3.05, 3.63) is 28.5 Å². The van der Waals surface area contributed by atoms with Crippen LogP contribution in [0.2, 0.25) is 18.1 Å². The van der Waals surface area contributed by atoms with E-state index < -0.39 is 14.4 Å². The normalized spacial score (nSPS) is 21.8. The van der Waals surface area contributed by atoms with E-state index in [2.05, 4.69) is 19.2 Å². The largest absolute Gasteiger partial charge is 0.403 e. The van der Waals surface area contributed by atoms with Gasteiger partial charge in [0.2, 0.25) is 0 Å². The van der Waals surface area contributed by atoms with E-state index in [9.17, 15) is 9.59 Å². The third kappa shape index (κ3) is 2.93. The van der Waals surface area contributed by atoms with Gasteiger partial charge in [-0.25, -0.2) is 4.79 Å². The van der Waals surface area contributed by atoms with Crippen molar-refractivity contribution in [1.29, 1.82) is 0 Å². The van der Waals surface area contributed by atoms with Crippen LogP contribution >= 0.6 is 11.3 Å². The van der Waals surface area contributed by atoms with Crippen LogP contribution in [0.3, 0.4) is 0 Å². The zero-order chi connectivity index (χ0) is 14.6. The van der Waals surface area contributed by atoms with Crippen molar-refractivity contribution in [2.24, 2.45) is 0 Å². The SMILES string of the molecule is CC[Si](CC)(CC=C=O)OC1C(=O)NC1c1cccs1. The Bertz CT molecular complexity index is 506. The van der Waals surface area contributed by atoms with Gasteiger partial charge in [-0.2, -0.15) is 0 Å². The van der Waals surface area contributed by atoms with Crippen LogP contribution in [0.1, 0.15) is 24.8 Å². The fourth-order valence-electron chi connectivity index (χ4n) is 2.43. The quantitative estimate of drug-likeness (QED) is 0.478. The number of hydrogen-bond acceptors (Lipinski definition) is 4. The number of rotatable bonds is 7. The van der Waals surface area contributed by atoms with Gasteiger partial charge in [0, 0.05) is 4.88 Å². The number of carbonyl (C=O) groups is 1. The lowest BCUT2D eigenvalue weighted by Gasteiger charge is -2.42. The van der Waals surface area contributed by atoms with Crippen LogP contribution in [-0.2, 0) is 14.0 Å². The van der Waals surface area contributed by atoms with Crippen molar-refractivity contribution in [2.75, 3.05) is 0 Å². The van der Waals surface area contributed by atoms with Crippen molar-refractivity contribution in [3.8, 4) is 0 Å². The lowest BCUT2D eigenvalue weighted by molar-refractivity contribution is -0.141. The summed E-state index contributed by atoms with van der Waals surface area (Å²) in [7, 11) is -2.07. The summed E-state index contributed by atoms with van der Waals surface area (Å²) in [5, 5.41) is 4.90. The smallest absolute Gasteiger partial charge is 0.251 e. The van der Waals surface area contributed by atoms with Gasteiger partial charge in [0.15, 0.2) is 8.32 Å². The molecular formula is C14H19NO3SSi. The first-order valence-corrected chi connectivity index (χ1v) is 10.3. The molecule has 108 valence electrons. The highest BCUT2D eigenvalue weighted by molar-refractivity contribution is 7.10. The van der Waals surface area contributed by atoms with E-state index in [1.54, 1.807) is 11.3 Å². The summed E-state index contributed by atoms with van der Waals surface area (Å²) in [6, 6.07) is 6.36. The molecule has 1 N–H and O–H groups in total. The highest BCUT2D eigenvalue weighted by Crippen LogP contribution is 2.35. The summed E-state index contributed by atoms with van der Waals surface area (Å²) in [6.07, 6.45) is 1.11. The van der Waals surface area contributed by atoms with E-state index in [1.165, 1.54) is 6.08 Å². The number of amides is 1. The molecule has 0 aromatic carbocycles. The Hall–Kier alpha value is -1.20. The first kappa shape index (κ1) is 15.2. The number of carbonyl (C=O) groups excluding carboxylic acids is 2. The minimum absolute atomic E-state index is 0.0346. The van der Waals surface area contributed by atoms with Crippen LogP contribution in [0.4, 0.5) is 0 Å². The van der Waals surface area contributed by atoms with Gasteiger partial charge in [0.25, 0.3) is 5.91 Å². The molecule has 2 heterocycles. The topological polar surface area (TPSA) is 55.4 Å². The Balaban J connectivity index is 2.12. The van der Waals surface area contributed by atoms with E-state index in [0.717, 1.165) is 17.0 Å². The monoisotopic (exact) mass is 309 g/mol. The minimum atomic E-state index is -2.07. The van der Waals surface area contributed by atoms with Crippen LogP contribution < -0.4 is 5.32 Å². The van der Waals surface area contributed by atoms with Gasteiger partial charge in [0.1, 0.15) is 12.0 Å². The number of thiophene rings is 1. The number of β-lactam (4-membered cyclic amide) rings is 1. The Kier molecular flexibility index (Phi) is 4.94. The molecule has 2 unspecified atom stereocenters. The van der Waals surface area contributed by atoms with Gasteiger partial charge in [-0.3, -0.25) is 4.79 Å².